The lowest BCUT2D eigenvalue weighted by atomic mass is 9.91. The van der Waals surface area contributed by atoms with Crippen molar-refractivity contribution in [2.24, 2.45) is 0 Å². The van der Waals surface area contributed by atoms with Crippen molar-refractivity contribution in [2.75, 3.05) is 19.6 Å². The van der Waals surface area contributed by atoms with Crippen LogP contribution in [0.5, 0.6) is 0 Å². The summed E-state index contributed by atoms with van der Waals surface area (Å²) >= 11 is 0. The summed E-state index contributed by atoms with van der Waals surface area (Å²) in [5, 5.41) is 14.9. The number of aromatic nitrogens is 3. The highest BCUT2D eigenvalue weighted by molar-refractivity contribution is 5.93. The summed E-state index contributed by atoms with van der Waals surface area (Å²) in [5.74, 6) is -0.0827. The largest absolute Gasteiger partial charge is 0.350 e. The highest BCUT2D eigenvalue weighted by Gasteiger charge is 2.23. The Kier molecular flexibility index (Phi) is 6.00. The number of benzene rings is 2. The monoisotopic (exact) mass is 389 g/mol. The third-order valence-electron chi connectivity index (χ3n) is 5.67. The number of amides is 1. The van der Waals surface area contributed by atoms with Gasteiger partial charge >= 0.3 is 0 Å². The van der Waals surface area contributed by atoms with Gasteiger partial charge in [0.1, 0.15) is 0 Å². The zero-order valence-corrected chi connectivity index (χ0v) is 16.7. The first-order valence-electron chi connectivity index (χ1n) is 10.2. The van der Waals surface area contributed by atoms with E-state index in [-0.39, 0.29) is 11.8 Å². The van der Waals surface area contributed by atoms with Gasteiger partial charge in [0.15, 0.2) is 5.69 Å². The summed E-state index contributed by atoms with van der Waals surface area (Å²) < 4.78 is 1.92. The van der Waals surface area contributed by atoms with E-state index < -0.39 is 0 Å². The molecule has 0 atom stereocenters. The van der Waals surface area contributed by atoms with Crippen LogP contribution in [-0.2, 0) is 0 Å². The topological polar surface area (TPSA) is 71.8 Å². The first kappa shape index (κ1) is 19.3. The average Bonchev–Trinajstić information content (AvgIpc) is 3.17. The zero-order chi connectivity index (χ0) is 20.1. The van der Waals surface area contributed by atoms with Crippen LogP contribution >= 0.6 is 0 Å². The van der Waals surface area contributed by atoms with Gasteiger partial charge in [-0.1, -0.05) is 65.9 Å². The molecule has 6 heteroatoms. The summed E-state index contributed by atoms with van der Waals surface area (Å²) in [6.45, 7) is 4.39. The van der Waals surface area contributed by atoms with E-state index in [1.165, 1.54) is 11.1 Å². The van der Waals surface area contributed by atoms with E-state index >= 15 is 0 Å². The van der Waals surface area contributed by atoms with Gasteiger partial charge in [0.05, 0.1) is 11.7 Å². The molecule has 0 aliphatic carbocycles. The van der Waals surface area contributed by atoms with Gasteiger partial charge in [-0.3, -0.25) is 4.79 Å². The molecular weight excluding hydrogens is 362 g/mol. The summed E-state index contributed by atoms with van der Waals surface area (Å²) in [7, 11) is 0. The Labute approximate surface area is 171 Å². The number of hydrogen-bond acceptors (Lipinski definition) is 4. The molecule has 2 aromatic carbocycles. The van der Waals surface area contributed by atoms with E-state index in [1.807, 2.05) is 48.0 Å². The van der Waals surface area contributed by atoms with Crippen LogP contribution in [0.15, 0.2) is 60.7 Å². The Balaban J connectivity index is 1.49. The molecule has 1 aliphatic heterocycles. The van der Waals surface area contributed by atoms with E-state index in [0.717, 1.165) is 31.6 Å². The first-order chi connectivity index (χ1) is 14.2. The molecule has 1 amide bonds. The number of hydrogen-bond donors (Lipinski definition) is 2. The molecule has 2 N–H and O–H groups in total. The SMILES string of the molecule is Cc1c(C(=O)NCC(c2ccccc2)c2ccccc2)nnn1C1CCNCC1. The number of rotatable bonds is 6. The molecule has 2 heterocycles. The van der Waals surface area contributed by atoms with Crippen LogP contribution in [0.3, 0.4) is 0 Å². The number of carbonyl (C=O) groups is 1. The lowest BCUT2D eigenvalue weighted by Gasteiger charge is -2.23. The van der Waals surface area contributed by atoms with Crippen molar-refractivity contribution in [3.05, 3.63) is 83.2 Å². The molecule has 1 aliphatic rings. The van der Waals surface area contributed by atoms with Crippen molar-refractivity contribution in [1.82, 2.24) is 25.6 Å². The van der Waals surface area contributed by atoms with E-state index in [9.17, 15) is 4.79 Å². The van der Waals surface area contributed by atoms with E-state index in [0.29, 0.717) is 18.3 Å². The highest BCUT2D eigenvalue weighted by atomic mass is 16.2. The molecule has 4 rings (SSSR count). The Morgan fingerprint density at radius 3 is 2.24 bits per heavy atom. The van der Waals surface area contributed by atoms with Gasteiger partial charge in [-0.25, -0.2) is 4.68 Å². The molecule has 0 bridgehead atoms. The molecule has 0 radical (unpaired) electrons. The molecule has 1 saturated heterocycles. The molecule has 1 fully saturated rings. The van der Waals surface area contributed by atoms with Crippen LogP contribution in [-0.4, -0.2) is 40.5 Å². The van der Waals surface area contributed by atoms with Crippen molar-refractivity contribution >= 4 is 5.91 Å². The van der Waals surface area contributed by atoms with Gasteiger partial charge in [0, 0.05) is 12.5 Å². The molecule has 1 aromatic heterocycles. The second kappa shape index (κ2) is 9.01. The maximum absolute atomic E-state index is 12.9. The number of nitrogens with zero attached hydrogens (tertiary/aromatic N) is 3. The summed E-state index contributed by atoms with van der Waals surface area (Å²) in [5.41, 5.74) is 3.61. The van der Waals surface area contributed by atoms with Crippen molar-refractivity contribution in [3.8, 4) is 0 Å². The summed E-state index contributed by atoms with van der Waals surface area (Å²) in [4.78, 5) is 12.9. The molecule has 29 heavy (non-hydrogen) atoms. The minimum Gasteiger partial charge on any atom is -0.350 e. The standard InChI is InChI=1S/C23H27N5O/c1-17-22(26-27-28(17)20-12-14-24-15-13-20)23(29)25-16-21(18-8-4-2-5-9-18)19-10-6-3-7-11-19/h2-11,20-21,24H,12-16H2,1H3,(H,25,29). The maximum atomic E-state index is 12.9. The predicted molar refractivity (Wildman–Crippen MR) is 113 cm³/mol. The molecular formula is C23H27N5O. The van der Waals surface area contributed by atoms with Crippen LogP contribution in [0.25, 0.3) is 0 Å². The van der Waals surface area contributed by atoms with Crippen molar-refractivity contribution < 1.29 is 4.79 Å². The molecule has 150 valence electrons. The molecule has 3 aromatic rings. The van der Waals surface area contributed by atoms with Gasteiger partial charge in [0.25, 0.3) is 5.91 Å². The Morgan fingerprint density at radius 1 is 1.07 bits per heavy atom. The minimum absolute atomic E-state index is 0.0844. The lowest BCUT2D eigenvalue weighted by Crippen LogP contribution is -2.31. The van der Waals surface area contributed by atoms with Crippen LogP contribution in [0.4, 0.5) is 0 Å². The molecule has 0 saturated carbocycles. The van der Waals surface area contributed by atoms with E-state index in [2.05, 4.69) is 45.2 Å². The average molecular weight is 390 g/mol. The van der Waals surface area contributed by atoms with Crippen LogP contribution in [0, 0.1) is 6.92 Å². The second-order valence-electron chi connectivity index (χ2n) is 7.53. The van der Waals surface area contributed by atoms with Gasteiger partial charge in [-0.2, -0.15) is 0 Å². The normalized spacial score (nSPS) is 14.8. The third-order valence-corrected chi connectivity index (χ3v) is 5.67. The smallest absolute Gasteiger partial charge is 0.273 e. The van der Waals surface area contributed by atoms with Gasteiger partial charge in [-0.15, -0.1) is 5.10 Å². The van der Waals surface area contributed by atoms with Crippen LogP contribution in [0.1, 0.15) is 52.1 Å². The quantitative estimate of drug-likeness (QED) is 0.680. The fourth-order valence-corrected chi connectivity index (χ4v) is 4.03. The van der Waals surface area contributed by atoms with E-state index in [1.54, 1.807) is 0 Å². The summed E-state index contributed by atoms with van der Waals surface area (Å²) in [6.07, 6.45) is 2.02. The third kappa shape index (κ3) is 4.38. The van der Waals surface area contributed by atoms with E-state index in [4.69, 9.17) is 0 Å². The molecule has 0 unspecified atom stereocenters. The van der Waals surface area contributed by atoms with Crippen LogP contribution in [0.2, 0.25) is 0 Å². The fraction of sp³-hybridized carbons (Fsp3) is 0.348. The van der Waals surface area contributed by atoms with Gasteiger partial charge in [0.2, 0.25) is 0 Å². The fourth-order valence-electron chi connectivity index (χ4n) is 4.03. The Hall–Kier alpha value is -2.99. The minimum atomic E-state index is -0.167. The summed E-state index contributed by atoms with van der Waals surface area (Å²) in [6, 6.07) is 20.8. The Morgan fingerprint density at radius 2 is 1.66 bits per heavy atom. The Bertz CT molecular complexity index is 893. The van der Waals surface area contributed by atoms with Gasteiger partial charge < -0.3 is 10.6 Å². The molecule has 6 nitrogen and oxygen atoms in total. The van der Waals surface area contributed by atoms with Crippen molar-refractivity contribution in [1.29, 1.82) is 0 Å². The maximum Gasteiger partial charge on any atom is 0.273 e. The van der Waals surface area contributed by atoms with Crippen LogP contribution < -0.4 is 10.6 Å². The van der Waals surface area contributed by atoms with Crippen molar-refractivity contribution in [2.45, 2.75) is 31.7 Å². The van der Waals surface area contributed by atoms with Gasteiger partial charge in [-0.05, 0) is 44.0 Å². The first-order valence-corrected chi connectivity index (χ1v) is 10.2. The number of nitrogens with one attached hydrogen (secondary N) is 2. The highest BCUT2D eigenvalue weighted by Crippen LogP contribution is 2.24. The predicted octanol–water partition coefficient (Wildman–Crippen LogP) is 3.07. The number of carbonyl (C=O) groups excluding carboxylic acids is 1. The molecule has 0 spiro atoms. The zero-order valence-electron chi connectivity index (χ0n) is 16.7. The van der Waals surface area contributed by atoms with Crippen molar-refractivity contribution in [3.63, 3.8) is 0 Å². The second-order valence-corrected chi connectivity index (χ2v) is 7.53. The number of piperidine rings is 1. The lowest BCUT2D eigenvalue weighted by molar-refractivity contribution is 0.0946.